The average Bonchev–Trinajstić information content (AvgIpc) is 2.45. The second-order valence-electron chi connectivity index (χ2n) is 3.62. The Kier molecular flexibility index (Phi) is 4.01. The highest BCUT2D eigenvalue weighted by Gasteiger charge is 2.30. The third-order valence-electron chi connectivity index (χ3n) is 2.57. The summed E-state index contributed by atoms with van der Waals surface area (Å²) in [4.78, 5) is 3.46. The summed E-state index contributed by atoms with van der Waals surface area (Å²) in [6, 6.07) is 0. The summed E-state index contributed by atoms with van der Waals surface area (Å²) in [6.07, 6.45) is 2.21. The van der Waals surface area contributed by atoms with Gasteiger partial charge in [0.1, 0.15) is 0 Å². The second kappa shape index (κ2) is 4.84. The Bertz CT molecular complexity index is 253. The molecule has 0 aromatic heterocycles. The van der Waals surface area contributed by atoms with E-state index in [1.807, 2.05) is 7.05 Å². The minimum Gasteiger partial charge on any atom is -0.396 e. The van der Waals surface area contributed by atoms with Crippen LogP contribution in [0.3, 0.4) is 0 Å². The third-order valence-corrected chi connectivity index (χ3v) is 4.15. The van der Waals surface area contributed by atoms with Gasteiger partial charge in [0.25, 0.3) is 0 Å². The van der Waals surface area contributed by atoms with E-state index in [4.69, 9.17) is 10.5 Å². The number of nitrogens with one attached hydrogen (secondary N) is 1. The smallest absolute Gasteiger partial charge is 0.0862 e. The van der Waals surface area contributed by atoms with Crippen LogP contribution in [0.5, 0.6) is 0 Å². The number of aliphatic hydroxyl groups is 1. The van der Waals surface area contributed by atoms with Crippen LogP contribution in [-0.2, 0) is 0 Å². The Morgan fingerprint density at radius 2 is 2.36 bits per heavy atom. The van der Waals surface area contributed by atoms with Gasteiger partial charge >= 0.3 is 0 Å². The van der Waals surface area contributed by atoms with Crippen molar-refractivity contribution in [3.63, 3.8) is 0 Å². The van der Waals surface area contributed by atoms with Gasteiger partial charge in [-0.2, -0.15) is 0 Å². The maximum absolute atomic E-state index is 8.93. The Labute approximate surface area is 89.7 Å². The Balaban J connectivity index is 2.72. The quantitative estimate of drug-likeness (QED) is 0.703. The van der Waals surface area contributed by atoms with Gasteiger partial charge in [-0.15, -0.1) is 11.8 Å². The fraction of sp³-hybridized carbons (Fsp3) is 0.700. The molecule has 1 rings (SSSR count). The third kappa shape index (κ3) is 2.12. The molecule has 1 heterocycles. The van der Waals surface area contributed by atoms with E-state index in [1.165, 1.54) is 16.8 Å². The molecule has 14 heavy (non-hydrogen) atoms. The lowest BCUT2D eigenvalue weighted by atomic mass is 10.1. The van der Waals surface area contributed by atoms with Crippen molar-refractivity contribution in [3.05, 3.63) is 10.6 Å². The van der Waals surface area contributed by atoms with E-state index in [1.54, 1.807) is 11.8 Å². The molecule has 0 saturated carbocycles. The minimum atomic E-state index is 0.198. The highest BCUT2D eigenvalue weighted by molar-refractivity contribution is 8.03. The van der Waals surface area contributed by atoms with Gasteiger partial charge in [-0.05, 0) is 6.92 Å². The molecule has 0 spiro atoms. The van der Waals surface area contributed by atoms with Crippen LogP contribution >= 0.6 is 11.8 Å². The summed E-state index contributed by atoms with van der Waals surface area (Å²) < 4.78 is 0. The predicted molar refractivity (Wildman–Crippen MR) is 61.5 cm³/mol. The van der Waals surface area contributed by atoms with Crippen LogP contribution in [0.2, 0.25) is 0 Å². The molecule has 0 aliphatic carbocycles. The maximum Gasteiger partial charge on any atom is 0.0862 e. The van der Waals surface area contributed by atoms with Crippen LogP contribution in [0.15, 0.2) is 10.6 Å². The molecular formula is C10H18N2OS. The van der Waals surface area contributed by atoms with Crippen LogP contribution in [0, 0.1) is 11.3 Å². The number of allylic oxidation sites excluding steroid dienone is 1. The van der Waals surface area contributed by atoms with Crippen LogP contribution in [0.25, 0.3) is 0 Å². The topological polar surface area (TPSA) is 47.3 Å². The van der Waals surface area contributed by atoms with Gasteiger partial charge in [0.05, 0.1) is 5.37 Å². The average molecular weight is 214 g/mol. The molecule has 2 atom stereocenters. The molecule has 1 aliphatic heterocycles. The molecule has 2 N–H and O–H groups in total. The monoisotopic (exact) mass is 214 g/mol. The fourth-order valence-electron chi connectivity index (χ4n) is 1.73. The fourth-order valence-corrected chi connectivity index (χ4v) is 3.05. The molecule has 0 amide bonds. The lowest BCUT2D eigenvalue weighted by Crippen LogP contribution is -2.30. The zero-order valence-electron chi connectivity index (χ0n) is 8.95. The first kappa shape index (κ1) is 11.6. The highest BCUT2D eigenvalue weighted by Crippen LogP contribution is 2.40. The SMILES string of the molecule is CC1=C(CCO)N(C)C(C(C)C=N)S1. The number of rotatable bonds is 4. The number of nitrogens with zero attached hydrogens (tertiary/aromatic N) is 1. The van der Waals surface area contributed by atoms with E-state index in [9.17, 15) is 0 Å². The van der Waals surface area contributed by atoms with Crippen molar-refractivity contribution in [1.29, 1.82) is 5.41 Å². The molecular weight excluding hydrogens is 196 g/mol. The van der Waals surface area contributed by atoms with Crippen molar-refractivity contribution in [3.8, 4) is 0 Å². The van der Waals surface area contributed by atoms with Crippen molar-refractivity contribution in [1.82, 2.24) is 4.90 Å². The first-order valence-electron chi connectivity index (χ1n) is 4.82. The van der Waals surface area contributed by atoms with E-state index in [0.29, 0.717) is 5.37 Å². The lowest BCUT2D eigenvalue weighted by Gasteiger charge is -2.26. The van der Waals surface area contributed by atoms with Gasteiger partial charge in [0, 0.05) is 42.8 Å². The molecule has 0 fully saturated rings. The molecule has 0 bridgehead atoms. The van der Waals surface area contributed by atoms with Crippen molar-refractivity contribution in [2.45, 2.75) is 25.6 Å². The standard InChI is InChI=1S/C10H18N2OS/c1-7(6-11)10-12(3)9(4-5-13)8(2)14-10/h6-7,10-11,13H,4-5H2,1-3H3. The van der Waals surface area contributed by atoms with E-state index >= 15 is 0 Å². The lowest BCUT2D eigenvalue weighted by molar-refractivity contribution is 0.271. The van der Waals surface area contributed by atoms with Gasteiger partial charge < -0.3 is 15.4 Å². The van der Waals surface area contributed by atoms with Crippen LogP contribution < -0.4 is 0 Å². The van der Waals surface area contributed by atoms with Gasteiger partial charge in [0.15, 0.2) is 0 Å². The molecule has 0 aromatic rings. The molecule has 1 aliphatic rings. The Morgan fingerprint density at radius 1 is 1.71 bits per heavy atom. The van der Waals surface area contributed by atoms with E-state index < -0.39 is 0 Å². The van der Waals surface area contributed by atoms with Crippen molar-refractivity contribution in [2.24, 2.45) is 5.92 Å². The van der Waals surface area contributed by atoms with Crippen molar-refractivity contribution < 1.29 is 5.11 Å². The summed E-state index contributed by atoms with van der Waals surface area (Å²) in [7, 11) is 2.04. The number of hydrogen-bond acceptors (Lipinski definition) is 4. The molecule has 0 radical (unpaired) electrons. The van der Waals surface area contributed by atoms with Crippen molar-refractivity contribution in [2.75, 3.05) is 13.7 Å². The van der Waals surface area contributed by atoms with Crippen molar-refractivity contribution >= 4 is 18.0 Å². The summed E-state index contributed by atoms with van der Waals surface area (Å²) in [5.74, 6) is 0.246. The number of hydrogen-bond donors (Lipinski definition) is 2. The highest BCUT2D eigenvalue weighted by atomic mass is 32.2. The Hall–Kier alpha value is -0.480. The number of thioether (sulfide) groups is 1. The van der Waals surface area contributed by atoms with Crippen LogP contribution in [-0.4, -0.2) is 35.2 Å². The summed E-state index contributed by atoms with van der Waals surface area (Å²) in [5, 5.41) is 16.5. The summed E-state index contributed by atoms with van der Waals surface area (Å²) >= 11 is 1.80. The molecule has 80 valence electrons. The van der Waals surface area contributed by atoms with Crippen LogP contribution in [0.4, 0.5) is 0 Å². The van der Waals surface area contributed by atoms with Crippen LogP contribution in [0.1, 0.15) is 20.3 Å². The summed E-state index contributed by atoms with van der Waals surface area (Å²) in [5.41, 5.74) is 1.22. The van der Waals surface area contributed by atoms with E-state index in [-0.39, 0.29) is 12.5 Å². The zero-order valence-corrected chi connectivity index (χ0v) is 9.77. The zero-order chi connectivity index (χ0) is 10.7. The maximum atomic E-state index is 8.93. The minimum absolute atomic E-state index is 0.198. The number of aliphatic hydroxyl groups excluding tert-OH is 1. The second-order valence-corrected chi connectivity index (χ2v) is 4.95. The van der Waals surface area contributed by atoms with Gasteiger partial charge in [-0.3, -0.25) is 0 Å². The molecule has 2 unspecified atom stereocenters. The predicted octanol–water partition coefficient (Wildman–Crippen LogP) is 1.89. The molecule has 0 aromatic carbocycles. The largest absolute Gasteiger partial charge is 0.396 e. The van der Waals surface area contributed by atoms with E-state index in [2.05, 4.69) is 18.7 Å². The first-order valence-corrected chi connectivity index (χ1v) is 5.70. The first-order chi connectivity index (χ1) is 6.61. The van der Waals surface area contributed by atoms with E-state index in [0.717, 1.165) is 6.42 Å². The Morgan fingerprint density at radius 3 is 2.86 bits per heavy atom. The van der Waals surface area contributed by atoms with Gasteiger partial charge in [-0.25, -0.2) is 0 Å². The molecule has 3 nitrogen and oxygen atoms in total. The van der Waals surface area contributed by atoms with Gasteiger partial charge in [-0.1, -0.05) is 6.92 Å². The molecule has 4 heteroatoms. The summed E-state index contributed by atoms with van der Waals surface area (Å²) in [6.45, 7) is 4.34. The van der Waals surface area contributed by atoms with Gasteiger partial charge in [0.2, 0.25) is 0 Å². The molecule has 0 saturated heterocycles. The normalized spacial score (nSPS) is 24.3.